The van der Waals surface area contributed by atoms with Crippen LogP contribution in [0.5, 0.6) is 0 Å². The molecule has 10 heavy (non-hydrogen) atoms. The predicted molar refractivity (Wildman–Crippen MR) is 47.7 cm³/mol. The Hall–Kier alpha value is -0.0100. The van der Waals surface area contributed by atoms with Crippen LogP contribution in [-0.2, 0) is 0 Å². The largest absolute Gasteiger partial charge is 0.314 e. The van der Waals surface area contributed by atoms with Crippen molar-refractivity contribution < 1.29 is 0 Å². The van der Waals surface area contributed by atoms with Gasteiger partial charge in [0.1, 0.15) is 0 Å². The number of piperidine rings is 1. The monoisotopic (exact) mass is 161 g/mol. The number of nitrogens with one attached hydrogen (secondary N) is 1. The first-order chi connectivity index (χ1) is 4.43. The Morgan fingerprint density at radius 2 is 2.30 bits per heavy atom. The van der Waals surface area contributed by atoms with Gasteiger partial charge < -0.3 is 5.32 Å². The molecule has 0 radical (unpaired) electrons. The van der Waals surface area contributed by atoms with Crippen molar-refractivity contribution in [2.24, 2.45) is 0 Å². The Kier molecular flexibility index (Phi) is 5.74. The predicted octanol–water partition coefficient (Wildman–Crippen LogP) is 2.13. The summed E-state index contributed by atoms with van der Waals surface area (Å²) in [6, 6.07) is 0.733. The van der Waals surface area contributed by atoms with Crippen LogP contribution in [0.25, 0.3) is 0 Å². The zero-order valence-electron chi connectivity index (χ0n) is 6.31. The molecule has 0 aromatic heterocycles. The number of hydrogen-bond donors (Lipinski definition) is 1. The first kappa shape index (κ1) is 9.99. The van der Waals surface area contributed by atoms with Crippen LogP contribution in [0.4, 0.5) is 0 Å². The molecule has 1 nitrogen and oxygen atoms in total. The molecule has 0 saturated carbocycles. The zero-order chi connectivity index (χ0) is 6.53. The minimum atomic E-state index is 0. The first-order valence-electron chi connectivity index (χ1n) is 3.78. The highest BCUT2D eigenvalue weighted by atomic mass is 35.5. The third-order valence-electron chi connectivity index (χ3n) is 1.86. The molecule has 1 aliphatic heterocycles. The van der Waals surface area contributed by atoms with Gasteiger partial charge in [0.05, 0.1) is 0 Å². The fourth-order valence-electron chi connectivity index (χ4n) is 1.33. The maximum absolute atomic E-state index is 3.71. The topological polar surface area (TPSA) is 12.0 Å². The average molecular weight is 162 g/mol. The van der Waals surface area contributed by atoms with Gasteiger partial charge in [-0.15, -0.1) is 19.0 Å². The van der Waals surface area contributed by atoms with Crippen LogP contribution in [0.3, 0.4) is 0 Å². The molecule has 0 aromatic rings. The van der Waals surface area contributed by atoms with Gasteiger partial charge in [0.25, 0.3) is 0 Å². The molecule has 0 amide bonds. The van der Waals surface area contributed by atoms with E-state index in [1.807, 2.05) is 6.08 Å². The van der Waals surface area contributed by atoms with Crippen molar-refractivity contribution in [1.29, 1.82) is 0 Å². The summed E-state index contributed by atoms with van der Waals surface area (Å²) in [6.45, 7) is 4.92. The van der Waals surface area contributed by atoms with Crippen molar-refractivity contribution in [3.63, 3.8) is 0 Å². The summed E-state index contributed by atoms with van der Waals surface area (Å²) in [5, 5.41) is 3.45. The third-order valence-corrected chi connectivity index (χ3v) is 1.86. The van der Waals surface area contributed by atoms with Crippen LogP contribution in [0.1, 0.15) is 25.7 Å². The number of halogens is 1. The first-order valence-corrected chi connectivity index (χ1v) is 3.78. The Bertz CT molecular complexity index is 87.3. The molecule has 60 valence electrons. The van der Waals surface area contributed by atoms with Gasteiger partial charge in [0.15, 0.2) is 0 Å². The molecule has 1 rings (SSSR count). The Morgan fingerprint density at radius 1 is 1.50 bits per heavy atom. The summed E-state index contributed by atoms with van der Waals surface area (Å²) in [7, 11) is 0. The fraction of sp³-hybridized carbons (Fsp3) is 0.750. The zero-order valence-corrected chi connectivity index (χ0v) is 7.12. The van der Waals surface area contributed by atoms with Gasteiger partial charge >= 0.3 is 0 Å². The van der Waals surface area contributed by atoms with E-state index in [0.29, 0.717) is 0 Å². The lowest BCUT2D eigenvalue weighted by Crippen LogP contribution is -2.33. The summed E-state index contributed by atoms with van der Waals surface area (Å²) < 4.78 is 0. The van der Waals surface area contributed by atoms with Gasteiger partial charge in [0, 0.05) is 6.04 Å². The van der Waals surface area contributed by atoms with Crippen molar-refractivity contribution in [3.8, 4) is 0 Å². The van der Waals surface area contributed by atoms with E-state index in [1.165, 1.54) is 25.8 Å². The maximum atomic E-state index is 3.71. The molecule has 2 heteroatoms. The normalized spacial score (nSPS) is 25.0. The van der Waals surface area contributed by atoms with Crippen LogP contribution < -0.4 is 5.32 Å². The summed E-state index contributed by atoms with van der Waals surface area (Å²) in [4.78, 5) is 0. The molecule has 1 saturated heterocycles. The van der Waals surface area contributed by atoms with E-state index in [1.54, 1.807) is 0 Å². The molecule has 1 N–H and O–H groups in total. The molecule has 1 fully saturated rings. The second kappa shape index (κ2) is 5.75. The van der Waals surface area contributed by atoms with Crippen LogP contribution >= 0.6 is 12.4 Å². The summed E-state index contributed by atoms with van der Waals surface area (Å²) in [5.41, 5.74) is 0. The minimum absolute atomic E-state index is 0. The second-order valence-electron chi connectivity index (χ2n) is 2.67. The van der Waals surface area contributed by atoms with E-state index in [4.69, 9.17) is 0 Å². The van der Waals surface area contributed by atoms with E-state index >= 15 is 0 Å². The second-order valence-corrected chi connectivity index (χ2v) is 2.67. The quantitative estimate of drug-likeness (QED) is 0.612. The van der Waals surface area contributed by atoms with Gasteiger partial charge in [-0.25, -0.2) is 0 Å². The average Bonchev–Trinajstić information content (AvgIpc) is 1.91. The highest BCUT2D eigenvalue weighted by molar-refractivity contribution is 5.85. The van der Waals surface area contributed by atoms with Crippen molar-refractivity contribution in [2.75, 3.05) is 6.54 Å². The minimum Gasteiger partial charge on any atom is -0.314 e. The fourth-order valence-corrected chi connectivity index (χ4v) is 1.33. The van der Waals surface area contributed by atoms with E-state index in [9.17, 15) is 0 Å². The lowest BCUT2D eigenvalue weighted by Gasteiger charge is -2.21. The molecule has 1 atom stereocenters. The summed E-state index contributed by atoms with van der Waals surface area (Å²) in [6.07, 6.45) is 7.23. The molecule has 0 bridgehead atoms. The van der Waals surface area contributed by atoms with Crippen LogP contribution in [-0.4, -0.2) is 12.6 Å². The molecular weight excluding hydrogens is 146 g/mol. The van der Waals surface area contributed by atoms with Gasteiger partial charge in [-0.1, -0.05) is 12.5 Å². The smallest absolute Gasteiger partial charge is 0.0101 e. The molecule has 0 aromatic carbocycles. The van der Waals surface area contributed by atoms with E-state index in [2.05, 4.69) is 11.9 Å². The lowest BCUT2D eigenvalue weighted by molar-refractivity contribution is 0.404. The van der Waals surface area contributed by atoms with Crippen molar-refractivity contribution in [1.82, 2.24) is 5.32 Å². The standard InChI is InChI=1S/C8H15N.ClH/c1-2-5-8-6-3-4-7-9-8;/h2,8-9H,1,3-7H2;1H. The molecule has 1 aliphatic rings. The maximum Gasteiger partial charge on any atom is 0.0101 e. The number of rotatable bonds is 2. The Balaban J connectivity index is 0.000000810. The van der Waals surface area contributed by atoms with Crippen LogP contribution in [0.15, 0.2) is 12.7 Å². The highest BCUT2D eigenvalue weighted by Crippen LogP contribution is 2.09. The van der Waals surface area contributed by atoms with Crippen molar-refractivity contribution in [2.45, 2.75) is 31.7 Å². The molecule has 0 aliphatic carbocycles. The lowest BCUT2D eigenvalue weighted by atomic mass is 10.0. The van der Waals surface area contributed by atoms with E-state index in [-0.39, 0.29) is 12.4 Å². The highest BCUT2D eigenvalue weighted by Gasteiger charge is 2.09. The summed E-state index contributed by atoms with van der Waals surface area (Å²) >= 11 is 0. The van der Waals surface area contributed by atoms with Crippen molar-refractivity contribution >= 4 is 12.4 Å². The molecule has 0 spiro atoms. The molecule has 1 heterocycles. The van der Waals surface area contributed by atoms with Crippen LogP contribution in [0.2, 0.25) is 0 Å². The van der Waals surface area contributed by atoms with E-state index in [0.717, 1.165) is 12.5 Å². The Morgan fingerprint density at radius 3 is 2.80 bits per heavy atom. The molecular formula is C8H16ClN. The summed E-state index contributed by atoms with van der Waals surface area (Å²) in [5.74, 6) is 0. The van der Waals surface area contributed by atoms with E-state index < -0.39 is 0 Å². The van der Waals surface area contributed by atoms with Gasteiger partial charge in [-0.2, -0.15) is 0 Å². The molecule has 1 unspecified atom stereocenters. The van der Waals surface area contributed by atoms with Crippen LogP contribution in [0, 0.1) is 0 Å². The van der Waals surface area contributed by atoms with Gasteiger partial charge in [-0.3, -0.25) is 0 Å². The van der Waals surface area contributed by atoms with Crippen molar-refractivity contribution in [3.05, 3.63) is 12.7 Å². The SMILES string of the molecule is C=CCC1CCCCN1.Cl. The van der Waals surface area contributed by atoms with Gasteiger partial charge in [-0.05, 0) is 25.8 Å². The van der Waals surface area contributed by atoms with Gasteiger partial charge in [0.2, 0.25) is 0 Å². The third kappa shape index (κ3) is 3.23. The number of hydrogen-bond acceptors (Lipinski definition) is 1. The Labute approximate surface area is 69.3 Å².